The molecule has 110 valence electrons. The van der Waals surface area contributed by atoms with Crippen molar-refractivity contribution in [2.24, 2.45) is 0 Å². The number of nitrogens with one attached hydrogen (secondary N) is 1. The van der Waals surface area contributed by atoms with Gasteiger partial charge in [-0.1, -0.05) is 0 Å². The minimum atomic E-state index is -3.53. The van der Waals surface area contributed by atoms with E-state index >= 15 is 0 Å². The summed E-state index contributed by atoms with van der Waals surface area (Å²) in [7, 11) is -3.53. The number of carboxylic acid groups (broad SMARTS) is 1. The maximum Gasteiger partial charge on any atom is 0.329 e. The van der Waals surface area contributed by atoms with E-state index < -0.39 is 40.7 Å². The topological polar surface area (TPSA) is 110 Å². The number of sulfone groups is 1. The van der Waals surface area contributed by atoms with Crippen molar-refractivity contribution < 1.29 is 32.2 Å². The lowest BCUT2D eigenvalue weighted by atomic mass is 10.3. The second kappa shape index (κ2) is 6.44. The molecule has 0 unspecified atom stereocenters. The van der Waals surface area contributed by atoms with Crippen LogP contribution >= 0.6 is 0 Å². The monoisotopic (exact) mass is 305 g/mol. The number of carbonyl (C=O) groups excluding carboxylic acids is 1. The van der Waals surface area contributed by atoms with Gasteiger partial charge in [-0.3, -0.25) is 4.79 Å². The molecule has 1 amide bonds. The zero-order chi connectivity index (χ0) is 15.3. The first-order chi connectivity index (χ1) is 9.20. The molecule has 0 radical (unpaired) electrons. The maximum atomic E-state index is 13.4. The number of ether oxygens (including phenoxy) is 1. The summed E-state index contributed by atoms with van der Waals surface area (Å²) in [4.78, 5) is 21.4. The van der Waals surface area contributed by atoms with Crippen LogP contribution in [0.25, 0.3) is 0 Å². The largest absolute Gasteiger partial charge is 0.480 e. The molecule has 0 fully saturated rings. The van der Waals surface area contributed by atoms with Crippen LogP contribution < -0.4 is 5.32 Å². The number of anilines is 1. The third kappa shape index (κ3) is 4.94. The standard InChI is InChI=1S/C11H12FNO6S/c1-20(17,18)7-2-3-8(12)9(4-7)13-10(14)5-19-6-11(15)16/h2-4H,5-6H2,1H3,(H,13,14)(H,15,16). The third-order valence-electron chi connectivity index (χ3n) is 2.10. The van der Waals surface area contributed by atoms with E-state index in [-0.39, 0.29) is 10.6 Å². The fourth-order valence-corrected chi connectivity index (χ4v) is 1.90. The van der Waals surface area contributed by atoms with Crippen molar-refractivity contribution >= 4 is 27.4 Å². The van der Waals surface area contributed by atoms with Gasteiger partial charge in [-0.2, -0.15) is 0 Å². The summed E-state index contributed by atoms with van der Waals surface area (Å²) in [5.74, 6) is -2.86. The molecule has 2 N–H and O–H groups in total. The molecule has 0 aliphatic carbocycles. The van der Waals surface area contributed by atoms with Crippen LogP contribution in [0.3, 0.4) is 0 Å². The van der Waals surface area contributed by atoms with Crippen molar-refractivity contribution in [2.75, 3.05) is 24.8 Å². The van der Waals surface area contributed by atoms with E-state index in [2.05, 4.69) is 10.1 Å². The Morgan fingerprint density at radius 3 is 2.55 bits per heavy atom. The molecular formula is C11H12FNO6S. The van der Waals surface area contributed by atoms with Gasteiger partial charge < -0.3 is 15.2 Å². The second-order valence-electron chi connectivity index (χ2n) is 3.85. The Morgan fingerprint density at radius 1 is 1.35 bits per heavy atom. The van der Waals surface area contributed by atoms with Gasteiger partial charge in [0.25, 0.3) is 0 Å². The lowest BCUT2D eigenvalue weighted by Crippen LogP contribution is -2.21. The van der Waals surface area contributed by atoms with E-state index in [1.54, 1.807) is 0 Å². The lowest BCUT2D eigenvalue weighted by Gasteiger charge is -2.08. The molecule has 0 saturated carbocycles. The van der Waals surface area contributed by atoms with Crippen LogP contribution in [0, 0.1) is 5.82 Å². The maximum absolute atomic E-state index is 13.4. The Labute approximate surface area is 114 Å². The molecule has 9 heteroatoms. The molecule has 0 spiro atoms. The number of amides is 1. The number of hydrogen-bond donors (Lipinski definition) is 2. The lowest BCUT2D eigenvalue weighted by molar-refractivity contribution is -0.143. The fourth-order valence-electron chi connectivity index (χ4n) is 1.25. The Bertz CT molecular complexity index is 628. The molecule has 1 rings (SSSR count). The van der Waals surface area contributed by atoms with E-state index in [9.17, 15) is 22.4 Å². The predicted octanol–water partition coefficient (Wildman–Crippen LogP) is 0.269. The fraction of sp³-hybridized carbons (Fsp3) is 0.273. The molecule has 0 atom stereocenters. The van der Waals surface area contributed by atoms with Crippen LogP contribution in [0.4, 0.5) is 10.1 Å². The predicted molar refractivity (Wildman–Crippen MR) is 66.6 cm³/mol. The summed E-state index contributed by atoms with van der Waals surface area (Å²) in [6, 6.07) is 2.95. The van der Waals surface area contributed by atoms with Crippen molar-refractivity contribution in [3.05, 3.63) is 24.0 Å². The summed E-state index contributed by atoms with van der Waals surface area (Å²) < 4.78 is 40.5. The molecule has 0 heterocycles. The van der Waals surface area contributed by atoms with Crippen molar-refractivity contribution in [1.29, 1.82) is 0 Å². The molecule has 1 aromatic carbocycles. The van der Waals surface area contributed by atoms with E-state index in [0.717, 1.165) is 24.5 Å². The molecular weight excluding hydrogens is 293 g/mol. The van der Waals surface area contributed by atoms with Gasteiger partial charge in [-0.15, -0.1) is 0 Å². The number of aliphatic carboxylic acids is 1. The number of carbonyl (C=O) groups is 2. The highest BCUT2D eigenvalue weighted by atomic mass is 32.2. The summed E-state index contributed by atoms with van der Waals surface area (Å²) in [6.45, 7) is -1.26. The smallest absolute Gasteiger partial charge is 0.329 e. The van der Waals surface area contributed by atoms with E-state index in [1.807, 2.05) is 0 Å². The van der Waals surface area contributed by atoms with Gasteiger partial charge in [0, 0.05) is 6.26 Å². The molecule has 1 aromatic rings. The highest BCUT2D eigenvalue weighted by Gasteiger charge is 2.13. The molecule has 7 nitrogen and oxygen atoms in total. The molecule has 0 aliphatic heterocycles. The number of rotatable bonds is 6. The second-order valence-corrected chi connectivity index (χ2v) is 5.86. The summed E-state index contributed by atoms with van der Waals surface area (Å²) >= 11 is 0. The quantitative estimate of drug-likeness (QED) is 0.730. The summed E-state index contributed by atoms with van der Waals surface area (Å²) in [5.41, 5.74) is -0.322. The van der Waals surface area contributed by atoms with Crippen molar-refractivity contribution in [3.63, 3.8) is 0 Å². The molecule has 0 saturated heterocycles. The van der Waals surface area contributed by atoms with Gasteiger partial charge in [0.1, 0.15) is 19.0 Å². The van der Waals surface area contributed by atoms with Gasteiger partial charge in [0.2, 0.25) is 5.91 Å². The highest BCUT2D eigenvalue weighted by Crippen LogP contribution is 2.19. The minimum absolute atomic E-state index is 0.152. The molecule has 0 aliphatic rings. The Kier molecular flexibility index (Phi) is 5.17. The number of benzene rings is 1. The van der Waals surface area contributed by atoms with Gasteiger partial charge in [-0.05, 0) is 18.2 Å². The average Bonchev–Trinajstić information content (AvgIpc) is 2.30. The number of halogens is 1. The first-order valence-electron chi connectivity index (χ1n) is 5.29. The van der Waals surface area contributed by atoms with Crippen LogP contribution in [-0.2, 0) is 24.2 Å². The summed E-state index contributed by atoms with van der Waals surface area (Å²) in [5, 5.41) is 10.4. The first kappa shape index (κ1) is 16.1. The van der Waals surface area contributed by atoms with Crippen LogP contribution in [0.1, 0.15) is 0 Å². The van der Waals surface area contributed by atoms with E-state index in [1.165, 1.54) is 0 Å². The van der Waals surface area contributed by atoms with Crippen LogP contribution in [-0.4, -0.2) is 44.9 Å². The summed E-state index contributed by atoms with van der Waals surface area (Å²) in [6.07, 6.45) is 0.946. The highest BCUT2D eigenvalue weighted by molar-refractivity contribution is 7.90. The molecule has 0 bridgehead atoms. The Morgan fingerprint density at radius 2 is 2.00 bits per heavy atom. The van der Waals surface area contributed by atoms with Crippen molar-refractivity contribution in [3.8, 4) is 0 Å². The third-order valence-corrected chi connectivity index (χ3v) is 3.21. The zero-order valence-electron chi connectivity index (χ0n) is 10.4. The first-order valence-corrected chi connectivity index (χ1v) is 7.18. The molecule has 20 heavy (non-hydrogen) atoms. The van der Waals surface area contributed by atoms with E-state index in [4.69, 9.17) is 5.11 Å². The van der Waals surface area contributed by atoms with Crippen molar-refractivity contribution in [1.82, 2.24) is 0 Å². The minimum Gasteiger partial charge on any atom is -0.480 e. The van der Waals surface area contributed by atoms with Crippen LogP contribution in [0.2, 0.25) is 0 Å². The van der Waals surface area contributed by atoms with E-state index in [0.29, 0.717) is 0 Å². The van der Waals surface area contributed by atoms with Gasteiger partial charge in [0.05, 0.1) is 10.6 Å². The van der Waals surface area contributed by atoms with Crippen LogP contribution in [0.15, 0.2) is 23.1 Å². The average molecular weight is 305 g/mol. The van der Waals surface area contributed by atoms with Gasteiger partial charge in [0.15, 0.2) is 9.84 Å². The number of carboxylic acids is 1. The van der Waals surface area contributed by atoms with Gasteiger partial charge >= 0.3 is 5.97 Å². The van der Waals surface area contributed by atoms with Crippen LogP contribution in [0.5, 0.6) is 0 Å². The SMILES string of the molecule is CS(=O)(=O)c1ccc(F)c(NC(=O)COCC(=O)O)c1. The van der Waals surface area contributed by atoms with Gasteiger partial charge in [-0.25, -0.2) is 17.6 Å². The Balaban J connectivity index is 2.77. The number of hydrogen-bond acceptors (Lipinski definition) is 5. The zero-order valence-corrected chi connectivity index (χ0v) is 11.2. The molecule has 0 aromatic heterocycles. The normalized spacial score (nSPS) is 11.1. The Hall–Kier alpha value is -2.00. The van der Waals surface area contributed by atoms with Crippen molar-refractivity contribution in [2.45, 2.75) is 4.90 Å².